The molecule has 0 aliphatic carbocycles. The molecule has 1 aromatic heterocycles. The number of nitrogens with zero attached hydrogens (tertiary/aromatic N) is 5. The van der Waals surface area contributed by atoms with Crippen LogP contribution in [0.15, 0.2) is 23.1 Å². The van der Waals surface area contributed by atoms with Gasteiger partial charge in [-0.15, -0.1) is 10.2 Å². The van der Waals surface area contributed by atoms with Crippen molar-refractivity contribution in [3.05, 3.63) is 29.8 Å². The van der Waals surface area contributed by atoms with E-state index < -0.39 is 15.7 Å². The van der Waals surface area contributed by atoms with Crippen LogP contribution in [0.2, 0.25) is 0 Å². The second kappa shape index (κ2) is 7.16. The highest BCUT2D eigenvalue weighted by Crippen LogP contribution is 2.30. The number of hydrogen-bond donors (Lipinski definition) is 1. The first-order chi connectivity index (χ1) is 12.9. The molecule has 27 heavy (non-hydrogen) atoms. The predicted octanol–water partition coefficient (Wildman–Crippen LogP) is 1.13. The highest BCUT2D eigenvalue weighted by molar-refractivity contribution is 7.90. The predicted molar refractivity (Wildman–Crippen MR) is 98.0 cm³/mol. The number of aromatic nitrogens is 4. The minimum atomic E-state index is -3.42. The van der Waals surface area contributed by atoms with E-state index in [0.717, 1.165) is 50.5 Å². The molecule has 0 spiro atoms. The van der Waals surface area contributed by atoms with Gasteiger partial charge in [0.2, 0.25) is 0 Å². The minimum absolute atomic E-state index is 0.0101. The fraction of sp³-hybridized carbons (Fsp3) is 0.588. The zero-order chi connectivity index (χ0) is 19.0. The third kappa shape index (κ3) is 3.81. The number of nitrogens with one attached hydrogen (secondary N) is 1. The molecule has 146 valence electrons. The highest BCUT2D eigenvalue weighted by atomic mass is 32.2. The van der Waals surface area contributed by atoms with Crippen LogP contribution in [0.1, 0.15) is 37.0 Å². The molecule has 3 heterocycles. The largest absolute Gasteiger partial charge is 0.367 e. The number of tetrazole rings is 1. The van der Waals surface area contributed by atoms with E-state index in [1.807, 2.05) is 4.90 Å². The van der Waals surface area contributed by atoms with Gasteiger partial charge < -0.3 is 10.2 Å². The molecule has 2 saturated heterocycles. The lowest BCUT2D eigenvalue weighted by molar-refractivity contribution is 0.414. The molecule has 2 aliphatic heterocycles. The molecule has 0 bridgehead atoms. The zero-order valence-electron chi connectivity index (χ0n) is 15.2. The first kappa shape index (κ1) is 18.3. The van der Waals surface area contributed by atoms with Crippen LogP contribution in [0.25, 0.3) is 0 Å². The van der Waals surface area contributed by atoms with Crippen molar-refractivity contribution < 1.29 is 12.8 Å². The summed E-state index contributed by atoms with van der Waals surface area (Å²) in [5, 5.41) is 16.4. The first-order valence-electron chi connectivity index (χ1n) is 9.16. The average molecular weight is 394 g/mol. The minimum Gasteiger partial charge on any atom is -0.367 e. The summed E-state index contributed by atoms with van der Waals surface area (Å²) >= 11 is 0. The van der Waals surface area contributed by atoms with Crippen molar-refractivity contribution in [2.75, 3.05) is 37.3 Å². The Labute approximate surface area is 157 Å². The van der Waals surface area contributed by atoms with Gasteiger partial charge in [-0.25, -0.2) is 12.8 Å². The number of anilines is 1. The second-order valence-corrected chi connectivity index (χ2v) is 9.28. The van der Waals surface area contributed by atoms with Crippen LogP contribution in [0.4, 0.5) is 10.1 Å². The molecular formula is C17H23FN6O2S. The van der Waals surface area contributed by atoms with Crippen molar-refractivity contribution >= 4 is 15.5 Å². The molecule has 1 atom stereocenters. The molecule has 0 saturated carbocycles. The lowest BCUT2D eigenvalue weighted by atomic mass is 9.98. The van der Waals surface area contributed by atoms with E-state index in [0.29, 0.717) is 24.7 Å². The Hall–Kier alpha value is -2.07. The quantitative estimate of drug-likeness (QED) is 0.831. The van der Waals surface area contributed by atoms with E-state index in [-0.39, 0.29) is 10.9 Å². The SMILES string of the molecule is CS(=O)(=O)c1ccc(N2CC[C@H](n3nnc(C4CCNCC4)n3)C2)c(F)c1. The van der Waals surface area contributed by atoms with Crippen LogP contribution in [0.3, 0.4) is 0 Å². The van der Waals surface area contributed by atoms with Crippen molar-refractivity contribution in [1.82, 2.24) is 25.5 Å². The van der Waals surface area contributed by atoms with Gasteiger partial charge in [-0.05, 0) is 55.8 Å². The maximum absolute atomic E-state index is 14.4. The molecule has 10 heteroatoms. The van der Waals surface area contributed by atoms with Gasteiger partial charge in [0, 0.05) is 25.3 Å². The summed E-state index contributed by atoms with van der Waals surface area (Å²) in [7, 11) is -3.42. The molecular weight excluding hydrogens is 371 g/mol. The second-order valence-electron chi connectivity index (χ2n) is 7.27. The van der Waals surface area contributed by atoms with Crippen LogP contribution in [-0.2, 0) is 9.84 Å². The topological polar surface area (TPSA) is 93.0 Å². The molecule has 2 aromatic rings. The summed E-state index contributed by atoms with van der Waals surface area (Å²) in [6, 6.07) is 4.09. The van der Waals surface area contributed by atoms with Gasteiger partial charge in [-0.1, -0.05) is 0 Å². The summed E-state index contributed by atoms with van der Waals surface area (Å²) in [6.45, 7) is 3.17. The Morgan fingerprint density at radius 1 is 1.22 bits per heavy atom. The molecule has 0 radical (unpaired) electrons. The summed E-state index contributed by atoms with van der Waals surface area (Å²) in [6.07, 6.45) is 3.89. The summed E-state index contributed by atoms with van der Waals surface area (Å²) in [4.78, 5) is 3.55. The molecule has 2 fully saturated rings. The van der Waals surface area contributed by atoms with Crippen molar-refractivity contribution in [3.8, 4) is 0 Å². The fourth-order valence-corrected chi connectivity index (χ4v) is 4.39. The van der Waals surface area contributed by atoms with E-state index in [4.69, 9.17) is 0 Å². The van der Waals surface area contributed by atoms with Gasteiger partial charge in [0.15, 0.2) is 15.7 Å². The van der Waals surface area contributed by atoms with Crippen LogP contribution in [-0.4, -0.2) is 61.1 Å². The van der Waals surface area contributed by atoms with Gasteiger partial charge in [0.05, 0.1) is 16.6 Å². The number of rotatable bonds is 4. The lowest BCUT2D eigenvalue weighted by Gasteiger charge is -2.20. The van der Waals surface area contributed by atoms with E-state index in [2.05, 4.69) is 20.7 Å². The molecule has 0 amide bonds. The molecule has 2 aliphatic rings. The Morgan fingerprint density at radius 3 is 2.70 bits per heavy atom. The molecule has 0 unspecified atom stereocenters. The van der Waals surface area contributed by atoms with E-state index >= 15 is 0 Å². The van der Waals surface area contributed by atoms with Crippen LogP contribution in [0.5, 0.6) is 0 Å². The number of hydrogen-bond acceptors (Lipinski definition) is 7. The molecule has 1 aromatic carbocycles. The van der Waals surface area contributed by atoms with E-state index in [1.54, 1.807) is 4.80 Å². The first-order valence-corrected chi connectivity index (χ1v) is 11.1. The van der Waals surface area contributed by atoms with Crippen LogP contribution < -0.4 is 10.2 Å². The lowest BCUT2D eigenvalue weighted by Crippen LogP contribution is -2.27. The van der Waals surface area contributed by atoms with Crippen LogP contribution in [0, 0.1) is 5.82 Å². The summed E-state index contributed by atoms with van der Waals surface area (Å²) < 4.78 is 37.6. The Morgan fingerprint density at radius 2 is 2.00 bits per heavy atom. The van der Waals surface area contributed by atoms with Gasteiger partial charge in [0.25, 0.3) is 0 Å². The van der Waals surface area contributed by atoms with Gasteiger partial charge in [-0.3, -0.25) is 0 Å². The number of benzene rings is 1. The van der Waals surface area contributed by atoms with Gasteiger partial charge in [0.1, 0.15) is 5.82 Å². The Balaban J connectivity index is 1.47. The van der Waals surface area contributed by atoms with Crippen molar-refractivity contribution in [1.29, 1.82) is 0 Å². The summed E-state index contributed by atoms with van der Waals surface area (Å²) in [5.41, 5.74) is 0.406. The number of halogens is 1. The van der Waals surface area contributed by atoms with Gasteiger partial charge in [-0.2, -0.15) is 4.80 Å². The third-order valence-corrected chi connectivity index (χ3v) is 6.44. The maximum atomic E-state index is 14.4. The molecule has 1 N–H and O–H groups in total. The smallest absolute Gasteiger partial charge is 0.177 e. The van der Waals surface area contributed by atoms with Crippen LogP contribution >= 0.6 is 0 Å². The maximum Gasteiger partial charge on any atom is 0.177 e. The molecule has 4 rings (SSSR count). The third-order valence-electron chi connectivity index (χ3n) is 5.33. The van der Waals surface area contributed by atoms with E-state index in [9.17, 15) is 12.8 Å². The normalized spacial score (nSPS) is 21.7. The highest BCUT2D eigenvalue weighted by Gasteiger charge is 2.29. The summed E-state index contributed by atoms with van der Waals surface area (Å²) in [5.74, 6) is 0.609. The Bertz CT molecular complexity index is 925. The standard InChI is InChI=1S/C17H23FN6O2S/c1-27(25,26)14-2-3-16(15(18)10-14)23-9-6-13(11-23)24-21-17(20-22-24)12-4-7-19-8-5-12/h2-3,10,12-13,19H,4-9,11H2,1H3/t13-/m0/s1. The number of sulfone groups is 1. The van der Waals surface area contributed by atoms with E-state index in [1.165, 1.54) is 12.1 Å². The zero-order valence-corrected chi connectivity index (χ0v) is 16.0. The fourth-order valence-electron chi connectivity index (χ4n) is 3.76. The van der Waals surface area contributed by atoms with Crippen molar-refractivity contribution in [2.45, 2.75) is 36.1 Å². The van der Waals surface area contributed by atoms with Crippen molar-refractivity contribution in [2.24, 2.45) is 0 Å². The average Bonchev–Trinajstić information content (AvgIpc) is 3.31. The van der Waals surface area contributed by atoms with Crippen molar-refractivity contribution in [3.63, 3.8) is 0 Å². The Kier molecular flexibility index (Phi) is 4.85. The van der Waals surface area contributed by atoms with Gasteiger partial charge >= 0.3 is 0 Å². The monoisotopic (exact) mass is 394 g/mol. The molecule has 8 nitrogen and oxygen atoms in total. The number of piperidine rings is 1.